The minimum atomic E-state index is -0.333. The lowest BCUT2D eigenvalue weighted by atomic mass is 10.1. The van der Waals surface area contributed by atoms with Gasteiger partial charge in [-0.2, -0.15) is 0 Å². The molecule has 1 heterocycles. The summed E-state index contributed by atoms with van der Waals surface area (Å²) in [5.74, 6) is 1.45. The molecular formula is C15H17FN2OS. The number of furan rings is 1. The van der Waals surface area contributed by atoms with E-state index >= 15 is 0 Å². The fraction of sp³-hybridized carbons (Fsp3) is 0.267. The van der Waals surface area contributed by atoms with Crippen molar-refractivity contribution in [3.05, 3.63) is 58.8 Å². The van der Waals surface area contributed by atoms with E-state index in [0.717, 1.165) is 17.1 Å². The smallest absolute Gasteiger partial charge is 0.123 e. The van der Waals surface area contributed by atoms with Gasteiger partial charge in [0, 0.05) is 12.1 Å². The number of rotatable bonds is 5. The van der Waals surface area contributed by atoms with Crippen LogP contribution in [-0.4, -0.2) is 16.9 Å². The molecule has 0 fully saturated rings. The average molecular weight is 292 g/mol. The zero-order chi connectivity index (χ0) is 14.7. The van der Waals surface area contributed by atoms with E-state index in [-0.39, 0.29) is 10.8 Å². The minimum absolute atomic E-state index is 0.210. The van der Waals surface area contributed by atoms with Crippen molar-refractivity contribution in [1.29, 1.82) is 0 Å². The summed E-state index contributed by atoms with van der Waals surface area (Å²) in [6.45, 7) is 3.20. The first-order valence-corrected chi connectivity index (χ1v) is 6.68. The molecule has 0 unspecified atom stereocenters. The van der Waals surface area contributed by atoms with Crippen molar-refractivity contribution < 1.29 is 8.81 Å². The second-order valence-corrected chi connectivity index (χ2v) is 5.29. The van der Waals surface area contributed by atoms with E-state index in [1.165, 1.54) is 12.1 Å². The minimum Gasteiger partial charge on any atom is -0.465 e. The summed E-state index contributed by atoms with van der Waals surface area (Å²) in [5, 5.41) is 0. The van der Waals surface area contributed by atoms with Crippen LogP contribution in [0.25, 0.3) is 0 Å². The molecule has 0 aliphatic rings. The number of halogens is 1. The van der Waals surface area contributed by atoms with Gasteiger partial charge in [0.05, 0.1) is 6.54 Å². The third kappa shape index (κ3) is 3.65. The van der Waals surface area contributed by atoms with Crippen LogP contribution in [0.3, 0.4) is 0 Å². The topological polar surface area (TPSA) is 42.4 Å². The molecule has 0 saturated heterocycles. The molecule has 0 aliphatic carbocycles. The first kappa shape index (κ1) is 14.7. The van der Waals surface area contributed by atoms with E-state index in [0.29, 0.717) is 18.7 Å². The Morgan fingerprint density at radius 2 is 2.05 bits per heavy atom. The molecule has 0 aliphatic heterocycles. The summed E-state index contributed by atoms with van der Waals surface area (Å²) in [6.07, 6.45) is 0. The summed E-state index contributed by atoms with van der Waals surface area (Å²) < 4.78 is 18.8. The molecule has 1 aromatic carbocycles. The molecule has 3 nitrogen and oxygen atoms in total. The van der Waals surface area contributed by atoms with Gasteiger partial charge in [0.1, 0.15) is 22.3 Å². The highest BCUT2D eigenvalue weighted by atomic mass is 32.1. The Morgan fingerprint density at radius 1 is 1.30 bits per heavy atom. The van der Waals surface area contributed by atoms with Crippen molar-refractivity contribution in [2.75, 3.05) is 7.05 Å². The van der Waals surface area contributed by atoms with Crippen molar-refractivity contribution in [3.63, 3.8) is 0 Å². The maximum atomic E-state index is 13.3. The highest BCUT2D eigenvalue weighted by Crippen LogP contribution is 2.15. The van der Waals surface area contributed by atoms with E-state index in [9.17, 15) is 4.39 Å². The molecule has 1 aromatic heterocycles. The van der Waals surface area contributed by atoms with Gasteiger partial charge in [0.25, 0.3) is 0 Å². The Bertz CT molecular complexity index is 624. The number of benzene rings is 1. The van der Waals surface area contributed by atoms with Crippen molar-refractivity contribution in [2.24, 2.45) is 5.73 Å². The molecule has 2 aromatic rings. The summed E-state index contributed by atoms with van der Waals surface area (Å²) >= 11 is 4.97. The molecule has 0 spiro atoms. The molecule has 2 N–H and O–H groups in total. The molecule has 0 saturated carbocycles. The van der Waals surface area contributed by atoms with Gasteiger partial charge in [-0.25, -0.2) is 4.39 Å². The zero-order valence-corrected chi connectivity index (χ0v) is 12.3. The highest BCUT2D eigenvalue weighted by Gasteiger charge is 2.10. The average Bonchev–Trinajstić information content (AvgIpc) is 2.76. The van der Waals surface area contributed by atoms with Crippen molar-refractivity contribution >= 4 is 17.2 Å². The van der Waals surface area contributed by atoms with E-state index in [1.807, 2.05) is 26.1 Å². The molecular weight excluding hydrogens is 275 g/mol. The molecule has 0 radical (unpaired) electrons. The summed E-state index contributed by atoms with van der Waals surface area (Å²) in [7, 11) is 1.96. The maximum absolute atomic E-state index is 13.3. The van der Waals surface area contributed by atoms with Crippen LogP contribution in [0.2, 0.25) is 0 Å². The molecule has 20 heavy (non-hydrogen) atoms. The standard InChI is InChI=1S/C15H17FN2OS/c1-10-3-6-13(19-10)9-18(2)8-11-4-5-12(16)7-14(11)15(17)20/h3-7H,8-9H2,1-2H3,(H2,17,20). The monoisotopic (exact) mass is 292 g/mol. The van der Waals surface area contributed by atoms with Gasteiger partial charge in [-0.05, 0) is 43.8 Å². The first-order chi connectivity index (χ1) is 9.45. The molecule has 106 valence electrons. The second kappa shape index (κ2) is 6.15. The summed E-state index contributed by atoms with van der Waals surface area (Å²) in [5.41, 5.74) is 7.14. The lowest BCUT2D eigenvalue weighted by Crippen LogP contribution is -2.20. The SMILES string of the molecule is Cc1ccc(CN(C)Cc2ccc(F)cc2C(N)=S)o1. The van der Waals surface area contributed by atoms with Crippen molar-refractivity contribution in [1.82, 2.24) is 4.90 Å². The van der Waals surface area contributed by atoms with Gasteiger partial charge >= 0.3 is 0 Å². The Balaban J connectivity index is 2.11. The van der Waals surface area contributed by atoms with Crippen LogP contribution in [0.15, 0.2) is 34.7 Å². The first-order valence-electron chi connectivity index (χ1n) is 6.28. The van der Waals surface area contributed by atoms with Crippen LogP contribution in [0.1, 0.15) is 22.6 Å². The maximum Gasteiger partial charge on any atom is 0.123 e. The van der Waals surface area contributed by atoms with E-state index < -0.39 is 0 Å². The zero-order valence-electron chi connectivity index (χ0n) is 11.5. The molecule has 5 heteroatoms. The Kier molecular flexibility index (Phi) is 4.52. The largest absolute Gasteiger partial charge is 0.465 e. The predicted octanol–water partition coefficient (Wildman–Crippen LogP) is 2.99. The van der Waals surface area contributed by atoms with E-state index in [2.05, 4.69) is 4.90 Å². The van der Waals surface area contributed by atoms with Crippen LogP contribution in [-0.2, 0) is 13.1 Å². The van der Waals surface area contributed by atoms with Gasteiger partial charge < -0.3 is 10.2 Å². The Morgan fingerprint density at radius 3 is 2.65 bits per heavy atom. The van der Waals surface area contributed by atoms with Crippen LogP contribution < -0.4 is 5.73 Å². The molecule has 0 amide bonds. The van der Waals surface area contributed by atoms with Crippen molar-refractivity contribution in [2.45, 2.75) is 20.0 Å². The lowest BCUT2D eigenvalue weighted by molar-refractivity contribution is 0.285. The Hall–Kier alpha value is -1.72. The quantitative estimate of drug-likeness (QED) is 0.860. The predicted molar refractivity (Wildman–Crippen MR) is 80.9 cm³/mol. The van der Waals surface area contributed by atoms with Crippen LogP contribution in [0.5, 0.6) is 0 Å². The second-order valence-electron chi connectivity index (χ2n) is 4.85. The Labute approximate surface area is 123 Å². The van der Waals surface area contributed by atoms with Gasteiger partial charge in [-0.1, -0.05) is 18.3 Å². The number of aryl methyl sites for hydroxylation is 1. The third-order valence-electron chi connectivity index (χ3n) is 3.00. The fourth-order valence-electron chi connectivity index (χ4n) is 2.10. The van der Waals surface area contributed by atoms with Gasteiger partial charge in [-0.3, -0.25) is 4.90 Å². The van der Waals surface area contributed by atoms with E-state index in [4.69, 9.17) is 22.4 Å². The van der Waals surface area contributed by atoms with E-state index in [1.54, 1.807) is 6.07 Å². The van der Waals surface area contributed by atoms with Crippen LogP contribution >= 0.6 is 12.2 Å². The summed E-state index contributed by atoms with van der Waals surface area (Å²) in [4.78, 5) is 2.27. The van der Waals surface area contributed by atoms with Gasteiger partial charge in [0.15, 0.2) is 0 Å². The number of nitrogens with two attached hydrogens (primary N) is 1. The van der Waals surface area contributed by atoms with Crippen LogP contribution in [0, 0.1) is 12.7 Å². The molecule has 0 atom stereocenters. The fourth-order valence-corrected chi connectivity index (χ4v) is 2.29. The van der Waals surface area contributed by atoms with Crippen molar-refractivity contribution in [3.8, 4) is 0 Å². The number of thiocarbonyl (C=S) groups is 1. The number of hydrogen-bond acceptors (Lipinski definition) is 3. The highest BCUT2D eigenvalue weighted by molar-refractivity contribution is 7.80. The molecule has 2 rings (SSSR count). The van der Waals surface area contributed by atoms with Crippen LogP contribution in [0.4, 0.5) is 4.39 Å². The normalized spacial score (nSPS) is 11.0. The van der Waals surface area contributed by atoms with Gasteiger partial charge in [0.2, 0.25) is 0 Å². The van der Waals surface area contributed by atoms with Gasteiger partial charge in [-0.15, -0.1) is 0 Å². The molecule has 0 bridgehead atoms. The third-order valence-corrected chi connectivity index (χ3v) is 3.22. The number of hydrogen-bond donors (Lipinski definition) is 1. The summed E-state index contributed by atoms with van der Waals surface area (Å²) in [6, 6.07) is 8.39. The number of nitrogens with zero attached hydrogens (tertiary/aromatic N) is 1. The lowest BCUT2D eigenvalue weighted by Gasteiger charge is -2.17.